The quantitative estimate of drug-likeness (QED) is 0.360. The number of hydrogen-bond donors (Lipinski definition) is 2. The number of carbonyl (C=O) groups excluding carboxylic acids is 2. The van der Waals surface area contributed by atoms with Crippen molar-refractivity contribution in [2.24, 2.45) is 0 Å². The first-order valence-corrected chi connectivity index (χ1v) is 10.8. The van der Waals surface area contributed by atoms with E-state index in [0.717, 1.165) is 0 Å². The Morgan fingerprint density at radius 2 is 1.09 bits per heavy atom. The molecular weight excluding hydrogens is 485 g/mol. The molecule has 2 unspecified atom stereocenters. The van der Waals surface area contributed by atoms with Gasteiger partial charge in [0, 0.05) is 12.1 Å². The Morgan fingerprint density at radius 1 is 0.783 bits per heavy atom. The van der Waals surface area contributed by atoms with Crippen LogP contribution in [0.5, 0.6) is 0 Å². The van der Waals surface area contributed by atoms with Crippen LogP contribution in [0.4, 0.5) is 9.59 Å². The summed E-state index contributed by atoms with van der Waals surface area (Å²) in [6, 6.07) is -0.519. The number of amides is 2. The maximum atomic E-state index is 10.8. The summed E-state index contributed by atoms with van der Waals surface area (Å²) < 4.78 is 43.3. The third kappa shape index (κ3) is 9.93. The molecule has 0 aromatic rings. The maximum Gasteiger partial charge on any atom is 2.00 e. The molecule has 2 amide bonds. The van der Waals surface area contributed by atoms with Gasteiger partial charge in [0.1, 0.15) is 0 Å². The normalized spacial score (nSPS) is 27.0. The summed E-state index contributed by atoms with van der Waals surface area (Å²) in [5, 5.41) is 3.63. The monoisotopic (exact) mass is 502 g/mol. The second-order valence-corrected chi connectivity index (χ2v) is 10.3. The molecular formula is C10H16CdN2O6S4. The Labute approximate surface area is 166 Å². The van der Waals surface area contributed by atoms with Crippen molar-refractivity contribution < 1.29 is 53.7 Å². The summed E-state index contributed by atoms with van der Waals surface area (Å²) in [4.78, 5) is 20.6. The summed E-state index contributed by atoms with van der Waals surface area (Å²) >= 11 is 8.49. The fourth-order valence-electron chi connectivity index (χ4n) is 2.15. The van der Waals surface area contributed by atoms with Crippen molar-refractivity contribution in [1.82, 2.24) is 10.6 Å². The summed E-state index contributed by atoms with van der Waals surface area (Å²) in [6.45, 7) is 0. The van der Waals surface area contributed by atoms with E-state index >= 15 is 0 Å². The van der Waals surface area contributed by atoms with Crippen LogP contribution in [0.15, 0.2) is 0 Å². The fraction of sp³-hybridized carbons (Fsp3) is 0.800. The van der Waals surface area contributed by atoms with Crippen LogP contribution in [0.2, 0.25) is 0 Å². The van der Waals surface area contributed by atoms with Crippen molar-refractivity contribution in [2.45, 2.75) is 24.9 Å². The molecule has 0 bridgehead atoms. The molecule has 0 spiro atoms. The van der Waals surface area contributed by atoms with Gasteiger partial charge < -0.3 is 45.5 Å². The van der Waals surface area contributed by atoms with Gasteiger partial charge >= 0.3 is 27.3 Å². The van der Waals surface area contributed by atoms with Crippen molar-refractivity contribution in [1.29, 1.82) is 0 Å². The first kappa shape index (κ1) is 23.2. The molecule has 2 rings (SSSR count). The van der Waals surface area contributed by atoms with Gasteiger partial charge in [-0.05, 0) is 12.8 Å². The minimum atomic E-state index is -2.90. The molecule has 0 aliphatic carbocycles. The van der Waals surface area contributed by atoms with Gasteiger partial charge in [-0.25, -0.2) is 16.8 Å². The van der Waals surface area contributed by atoms with Gasteiger partial charge in [-0.15, -0.1) is 0 Å². The molecule has 0 saturated carbocycles. The topological polar surface area (TPSA) is 126 Å². The summed E-state index contributed by atoms with van der Waals surface area (Å²) in [7, 11) is -5.80. The Balaban J connectivity index is 0.000000403. The van der Waals surface area contributed by atoms with Crippen LogP contribution in [-0.4, -0.2) is 62.4 Å². The van der Waals surface area contributed by atoms with Gasteiger partial charge in [-0.2, -0.15) is 0 Å². The third-order valence-corrected chi connectivity index (χ3v) is 6.88. The van der Waals surface area contributed by atoms with Crippen LogP contribution in [0, 0.1) is 0 Å². The molecule has 0 aromatic heterocycles. The minimum Gasteiger partial charge on any atom is -0.719 e. The molecule has 2 aliphatic rings. The van der Waals surface area contributed by atoms with E-state index in [4.69, 9.17) is 0 Å². The van der Waals surface area contributed by atoms with E-state index in [1.54, 1.807) is 0 Å². The summed E-state index contributed by atoms with van der Waals surface area (Å²) in [6.07, 6.45) is 0.982. The van der Waals surface area contributed by atoms with Crippen molar-refractivity contribution >= 4 is 55.4 Å². The van der Waals surface area contributed by atoms with E-state index in [-0.39, 0.29) is 62.4 Å². The first-order valence-electron chi connectivity index (χ1n) is 6.35. The largest absolute Gasteiger partial charge is 2.00 e. The predicted octanol–water partition coefficient (Wildman–Crippen LogP) is -1.14. The SMILES string of the molecule is O=C([S-])NC1CCS(=O)(=O)C1.O=C([S-])NC1CCS(=O)(=O)C1.[Cd+2]. The standard InChI is InChI=1S/2C5H9NO3S2.Cd/c2*7-5(10)6-4-1-2-11(8,9)3-4;/h2*4H,1-3H2,(H2,6,7,10);/q;;+2/p-2. The summed E-state index contributed by atoms with van der Waals surface area (Å²) in [5.41, 5.74) is 0. The Hall–Kier alpha value is 0.202. The Bertz CT molecular complexity index is 580. The maximum absolute atomic E-state index is 10.8. The smallest absolute Gasteiger partial charge is 0.719 e. The summed E-state index contributed by atoms with van der Waals surface area (Å²) in [5.74, 6) is 0.394. The van der Waals surface area contributed by atoms with Crippen LogP contribution >= 0.6 is 0 Å². The number of hydrogen-bond acceptors (Lipinski definition) is 8. The van der Waals surface area contributed by atoms with Crippen molar-refractivity contribution in [2.75, 3.05) is 23.0 Å². The molecule has 2 heterocycles. The van der Waals surface area contributed by atoms with Crippen molar-refractivity contribution in [3.63, 3.8) is 0 Å². The van der Waals surface area contributed by atoms with Gasteiger partial charge in [0.25, 0.3) is 0 Å². The van der Waals surface area contributed by atoms with E-state index in [0.29, 0.717) is 12.8 Å². The van der Waals surface area contributed by atoms with Gasteiger partial charge in [0.05, 0.1) is 33.5 Å². The number of sulfone groups is 2. The van der Waals surface area contributed by atoms with Crippen molar-refractivity contribution in [3.05, 3.63) is 0 Å². The van der Waals surface area contributed by atoms with Gasteiger partial charge in [-0.3, -0.25) is 0 Å². The van der Waals surface area contributed by atoms with E-state index < -0.39 is 30.2 Å². The Kier molecular flexibility index (Phi) is 9.71. The van der Waals surface area contributed by atoms with Gasteiger partial charge in [-0.1, -0.05) is 0 Å². The molecule has 2 N–H and O–H groups in total. The van der Waals surface area contributed by atoms with Crippen LogP contribution < -0.4 is 10.6 Å². The number of rotatable bonds is 2. The van der Waals surface area contributed by atoms with Crippen LogP contribution in [-0.2, 0) is 72.2 Å². The van der Waals surface area contributed by atoms with Crippen LogP contribution in [0.1, 0.15) is 12.8 Å². The average Bonchev–Trinajstić information content (AvgIpc) is 2.80. The second-order valence-electron chi connectivity index (χ2n) is 5.06. The number of nitrogens with one attached hydrogen (secondary N) is 2. The zero-order valence-electron chi connectivity index (χ0n) is 12.2. The van der Waals surface area contributed by atoms with Gasteiger partial charge in [0.15, 0.2) is 19.7 Å². The van der Waals surface area contributed by atoms with Crippen LogP contribution in [0.3, 0.4) is 0 Å². The van der Waals surface area contributed by atoms with Crippen molar-refractivity contribution in [3.8, 4) is 0 Å². The molecule has 0 radical (unpaired) electrons. The van der Waals surface area contributed by atoms with Crippen LogP contribution in [0.25, 0.3) is 0 Å². The second kappa shape index (κ2) is 9.62. The molecule has 23 heavy (non-hydrogen) atoms. The van der Waals surface area contributed by atoms with E-state index in [9.17, 15) is 26.4 Å². The molecule has 2 aliphatic heterocycles. The average molecular weight is 501 g/mol. The zero-order valence-corrected chi connectivity index (χ0v) is 19.5. The fourth-order valence-corrected chi connectivity index (χ4v) is 5.83. The first-order chi connectivity index (χ1) is 9.99. The molecule has 2 atom stereocenters. The predicted molar refractivity (Wildman–Crippen MR) is 85.9 cm³/mol. The minimum absolute atomic E-state index is 0. The van der Waals surface area contributed by atoms with E-state index in [1.807, 2.05) is 0 Å². The molecule has 0 aromatic carbocycles. The molecule has 8 nitrogen and oxygen atoms in total. The molecule has 128 valence electrons. The molecule has 13 heteroatoms. The third-order valence-electron chi connectivity index (χ3n) is 3.11. The molecule has 2 saturated heterocycles. The zero-order chi connectivity index (χ0) is 17.0. The number of carbonyl (C=O) groups is 2. The Morgan fingerprint density at radius 3 is 1.26 bits per heavy atom. The van der Waals surface area contributed by atoms with E-state index in [1.165, 1.54) is 0 Å². The molecule has 2 fully saturated rings. The van der Waals surface area contributed by atoms with E-state index in [2.05, 4.69) is 35.9 Å². The van der Waals surface area contributed by atoms with Gasteiger partial charge in [0.2, 0.25) is 0 Å².